The Kier molecular flexibility index (Phi) is 7.20. The Morgan fingerprint density at radius 3 is 2.75 bits per heavy atom. The second-order valence-corrected chi connectivity index (χ2v) is 8.68. The number of fused-ring (bicyclic) bond motifs is 1. The van der Waals surface area contributed by atoms with E-state index in [0.29, 0.717) is 12.8 Å². The van der Waals surface area contributed by atoms with Crippen LogP contribution in [0.5, 0.6) is 0 Å². The SMILES string of the molecule is CO[C@]12CC[C@@H](O)[C@H](C#CC(O)C3CCCCC3)[C@H]1C/C2=C/CCCC(=O)O. The molecule has 1 unspecified atom stereocenters. The van der Waals surface area contributed by atoms with Crippen molar-refractivity contribution in [3.05, 3.63) is 11.6 Å². The van der Waals surface area contributed by atoms with Crippen LogP contribution in [0.1, 0.15) is 70.6 Å². The number of carboxylic acid groups (broad SMARTS) is 1. The van der Waals surface area contributed by atoms with Crippen molar-refractivity contribution in [2.24, 2.45) is 17.8 Å². The molecule has 5 heteroatoms. The number of rotatable bonds is 6. The molecular weight excluding hydrogens is 356 g/mol. The van der Waals surface area contributed by atoms with Crippen molar-refractivity contribution >= 4 is 5.97 Å². The lowest BCUT2D eigenvalue weighted by molar-refractivity contribution is -0.138. The van der Waals surface area contributed by atoms with Crippen LogP contribution in [-0.2, 0) is 9.53 Å². The number of ether oxygens (including phenoxy) is 1. The van der Waals surface area contributed by atoms with E-state index in [1.165, 1.54) is 24.8 Å². The second-order valence-electron chi connectivity index (χ2n) is 8.68. The summed E-state index contributed by atoms with van der Waals surface area (Å²) in [6, 6.07) is 0. The van der Waals surface area contributed by atoms with Crippen molar-refractivity contribution in [1.29, 1.82) is 0 Å². The number of allylic oxidation sites excluding steroid dienone is 1. The number of methoxy groups -OCH3 is 1. The number of unbranched alkanes of at least 4 members (excludes halogenated alkanes) is 1. The zero-order valence-corrected chi connectivity index (χ0v) is 16.9. The molecule has 0 aromatic heterocycles. The van der Waals surface area contributed by atoms with Gasteiger partial charge in [0, 0.05) is 19.4 Å². The third kappa shape index (κ3) is 4.45. The Labute approximate surface area is 168 Å². The zero-order chi connectivity index (χ0) is 20.1. The van der Waals surface area contributed by atoms with Gasteiger partial charge in [-0.2, -0.15) is 0 Å². The maximum absolute atomic E-state index is 10.7. The van der Waals surface area contributed by atoms with Gasteiger partial charge in [-0.1, -0.05) is 37.2 Å². The number of aliphatic hydroxyl groups is 2. The monoisotopic (exact) mass is 390 g/mol. The first-order valence-electron chi connectivity index (χ1n) is 10.8. The Balaban J connectivity index is 1.66. The molecule has 3 aliphatic rings. The summed E-state index contributed by atoms with van der Waals surface area (Å²) in [5, 5.41) is 29.8. The average molecular weight is 391 g/mol. The fraction of sp³-hybridized carbons (Fsp3) is 0.783. The lowest BCUT2D eigenvalue weighted by Gasteiger charge is -2.57. The van der Waals surface area contributed by atoms with Gasteiger partial charge in [0.1, 0.15) is 6.10 Å². The minimum atomic E-state index is -0.765. The maximum Gasteiger partial charge on any atom is 0.303 e. The van der Waals surface area contributed by atoms with Crippen molar-refractivity contribution in [2.75, 3.05) is 7.11 Å². The van der Waals surface area contributed by atoms with Gasteiger partial charge >= 0.3 is 5.97 Å². The zero-order valence-electron chi connectivity index (χ0n) is 16.9. The van der Waals surface area contributed by atoms with Gasteiger partial charge in [0.25, 0.3) is 0 Å². The van der Waals surface area contributed by atoms with Crippen molar-refractivity contribution in [2.45, 2.75) is 88.4 Å². The molecule has 3 rings (SSSR count). The van der Waals surface area contributed by atoms with Gasteiger partial charge in [-0.15, -0.1) is 0 Å². The molecule has 156 valence electrons. The van der Waals surface area contributed by atoms with Crippen LogP contribution < -0.4 is 0 Å². The highest BCUT2D eigenvalue weighted by atomic mass is 16.5. The van der Waals surface area contributed by atoms with E-state index in [2.05, 4.69) is 17.9 Å². The fourth-order valence-electron chi connectivity index (χ4n) is 5.37. The van der Waals surface area contributed by atoms with Gasteiger partial charge in [-0.25, -0.2) is 0 Å². The molecule has 3 saturated carbocycles. The van der Waals surface area contributed by atoms with Crippen molar-refractivity contribution in [3.63, 3.8) is 0 Å². The third-order valence-electron chi connectivity index (χ3n) is 7.09. The van der Waals surface area contributed by atoms with E-state index in [-0.39, 0.29) is 29.8 Å². The van der Waals surface area contributed by atoms with Gasteiger partial charge in [-0.3, -0.25) is 4.79 Å². The molecule has 0 heterocycles. The summed E-state index contributed by atoms with van der Waals surface area (Å²) in [7, 11) is 1.72. The summed E-state index contributed by atoms with van der Waals surface area (Å²) in [5.41, 5.74) is 0.842. The van der Waals surface area contributed by atoms with E-state index in [4.69, 9.17) is 9.84 Å². The van der Waals surface area contributed by atoms with Crippen LogP contribution in [0, 0.1) is 29.6 Å². The number of aliphatic carboxylic acids is 1. The Bertz CT molecular complexity index is 639. The topological polar surface area (TPSA) is 87.0 Å². The molecule has 0 amide bonds. The predicted molar refractivity (Wildman–Crippen MR) is 107 cm³/mol. The Morgan fingerprint density at radius 2 is 2.07 bits per heavy atom. The van der Waals surface area contributed by atoms with Gasteiger partial charge in [-0.05, 0) is 56.4 Å². The Morgan fingerprint density at radius 1 is 1.32 bits per heavy atom. The van der Waals surface area contributed by atoms with Crippen LogP contribution in [0.4, 0.5) is 0 Å². The Hall–Kier alpha value is -1.35. The highest BCUT2D eigenvalue weighted by Gasteiger charge is 2.58. The highest BCUT2D eigenvalue weighted by molar-refractivity contribution is 5.66. The first-order valence-corrected chi connectivity index (χ1v) is 10.8. The second kappa shape index (κ2) is 9.43. The summed E-state index contributed by atoms with van der Waals surface area (Å²) in [4.78, 5) is 10.7. The van der Waals surface area contributed by atoms with Crippen LogP contribution in [0.3, 0.4) is 0 Å². The molecule has 0 aromatic rings. The molecule has 0 aromatic carbocycles. The quantitative estimate of drug-likeness (QED) is 0.368. The van der Waals surface area contributed by atoms with Gasteiger partial charge in [0.05, 0.1) is 17.6 Å². The third-order valence-corrected chi connectivity index (χ3v) is 7.09. The summed E-state index contributed by atoms with van der Waals surface area (Å²) in [6.45, 7) is 0. The summed E-state index contributed by atoms with van der Waals surface area (Å²) >= 11 is 0. The molecule has 0 bridgehead atoms. The molecule has 3 fully saturated rings. The van der Waals surface area contributed by atoms with E-state index in [0.717, 1.165) is 32.1 Å². The number of carboxylic acids is 1. The largest absolute Gasteiger partial charge is 0.481 e. The summed E-state index contributed by atoms with van der Waals surface area (Å²) in [6.07, 6.45) is 10.5. The molecular formula is C23H34O5. The van der Waals surface area contributed by atoms with Crippen LogP contribution in [0.25, 0.3) is 0 Å². The molecule has 0 spiro atoms. The van der Waals surface area contributed by atoms with Crippen molar-refractivity contribution in [3.8, 4) is 11.8 Å². The summed E-state index contributed by atoms with van der Waals surface area (Å²) < 4.78 is 5.94. The normalized spacial score (nSPS) is 35.4. The van der Waals surface area contributed by atoms with Crippen LogP contribution >= 0.6 is 0 Å². The fourth-order valence-corrected chi connectivity index (χ4v) is 5.37. The molecule has 0 saturated heterocycles. The molecule has 3 N–H and O–H groups in total. The van der Waals surface area contributed by atoms with Crippen LogP contribution in [0.2, 0.25) is 0 Å². The first kappa shape index (κ1) is 21.4. The van der Waals surface area contributed by atoms with Crippen molar-refractivity contribution in [1.82, 2.24) is 0 Å². The van der Waals surface area contributed by atoms with Gasteiger partial charge < -0.3 is 20.1 Å². The standard InChI is InChI=1S/C23H34O5/c1-28-23-14-13-21(25)18(11-12-20(24)16-7-3-2-4-8-16)19(23)15-17(23)9-5-6-10-22(26)27/h9,16,18-21,24-25H,2-8,10,13-15H2,1H3,(H,26,27)/b17-9-/t18-,19-,20?,21-,23+/m1/s1. The van der Waals surface area contributed by atoms with Crippen LogP contribution in [0.15, 0.2) is 11.6 Å². The molecule has 0 radical (unpaired) electrons. The molecule has 28 heavy (non-hydrogen) atoms. The lowest BCUT2D eigenvalue weighted by Crippen LogP contribution is -2.59. The number of carbonyl (C=O) groups is 1. The molecule has 0 aliphatic heterocycles. The van der Waals surface area contributed by atoms with E-state index >= 15 is 0 Å². The van der Waals surface area contributed by atoms with Crippen molar-refractivity contribution < 1.29 is 24.9 Å². The van der Waals surface area contributed by atoms with E-state index in [1.807, 2.05) is 0 Å². The highest BCUT2D eigenvalue weighted by Crippen LogP contribution is 2.56. The smallest absolute Gasteiger partial charge is 0.303 e. The van der Waals surface area contributed by atoms with Crippen LogP contribution in [-0.4, -0.2) is 46.2 Å². The average Bonchev–Trinajstić information content (AvgIpc) is 2.68. The molecule has 5 nitrogen and oxygen atoms in total. The van der Waals surface area contributed by atoms with E-state index in [1.54, 1.807) is 7.11 Å². The summed E-state index contributed by atoms with van der Waals surface area (Å²) in [5.74, 6) is 5.75. The lowest BCUT2D eigenvalue weighted by atomic mass is 9.53. The number of aliphatic hydroxyl groups excluding tert-OH is 2. The first-order chi connectivity index (χ1) is 13.5. The van der Waals surface area contributed by atoms with E-state index < -0.39 is 18.2 Å². The van der Waals surface area contributed by atoms with Gasteiger partial charge in [0.2, 0.25) is 0 Å². The van der Waals surface area contributed by atoms with Gasteiger partial charge in [0.15, 0.2) is 0 Å². The minimum absolute atomic E-state index is 0.137. The molecule has 5 atom stereocenters. The number of hydrogen-bond acceptors (Lipinski definition) is 4. The number of hydrogen-bond donors (Lipinski definition) is 3. The molecule has 3 aliphatic carbocycles. The minimum Gasteiger partial charge on any atom is -0.481 e. The maximum atomic E-state index is 10.7. The van der Waals surface area contributed by atoms with E-state index in [9.17, 15) is 15.0 Å². The predicted octanol–water partition coefficient (Wildman–Crippen LogP) is 3.29.